The predicted octanol–water partition coefficient (Wildman–Crippen LogP) is 3.91. The lowest BCUT2D eigenvalue weighted by Gasteiger charge is -2.43. The standard InChI is InChI=1S/C28H28O9S/c1-18-14-16-22(17-15-18)38(31,32)37-23-19(2)34-28(33-3)25(36-27(30)21-12-8-5-9-13-21)24(23)35-26(29)20-10-6-4-7-11-20/h4-17,19,23-25,28H,1-3H3/t19-,23-,24+,25-,28-/m1/s1. The van der Waals surface area contributed by atoms with E-state index in [1.54, 1.807) is 79.7 Å². The lowest BCUT2D eigenvalue weighted by Crippen LogP contribution is -2.61. The van der Waals surface area contributed by atoms with Crippen molar-refractivity contribution in [2.75, 3.05) is 7.11 Å². The number of methoxy groups -OCH3 is 1. The lowest BCUT2D eigenvalue weighted by atomic mass is 9.99. The molecule has 0 amide bonds. The van der Waals surface area contributed by atoms with Gasteiger partial charge in [-0.2, -0.15) is 8.42 Å². The molecule has 10 heteroatoms. The molecule has 0 saturated carbocycles. The van der Waals surface area contributed by atoms with Gasteiger partial charge in [0.25, 0.3) is 10.1 Å². The van der Waals surface area contributed by atoms with Gasteiger partial charge in [0.15, 0.2) is 18.5 Å². The maximum atomic E-state index is 13.2. The summed E-state index contributed by atoms with van der Waals surface area (Å²) >= 11 is 0. The van der Waals surface area contributed by atoms with Crippen LogP contribution in [0.25, 0.3) is 0 Å². The highest BCUT2D eigenvalue weighted by Crippen LogP contribution is 2.32. The number of carbonyl (C=O) groups is 2. The molecule has 9 nitrogen and oxygen atoms in total. The van der Waals surface area contributed by atoms with Crippen molar-refractivity contribution in [1.82, 2.24) is 0 Å². The summed E-state index contributed by atoms with van der Waals surface area (Å²) in [5.41, 5.74) is 1.32. The van der Waals surface area contributed by atoms with Gasteiger partial charge in [0.1, 0.15) is 6.10 Å². The monoisotopic (exact) mass is 540 g/mol. The number of esters is 2. The molecule has 0 aromatic heterocycles. The molecule has 3 aromatic carbocycles. The van der Waals surface area contributed by atoms with Crippen LogP contribution in [0.3, 0.4) is 0 Å². The Kier molecular flexibility index (Phi) is 8.58. The highest BCUT2D eigenvalue weighted by molar-refractivity contribution is 7.86. The van der Waals surface area contributed by atoms with Crippen molar-refractivity contribution in [3.8, 4) is 0 Å². The normalized spacial score (nSPS) is 23.4. The molecule has 4 rings (SSSR count). The third-order valence-corrected chi connectivity index (χ3v) is 7.34. The Bertz CT molecular complexity index is 1340. The van der Waals surface area contributed by atoms with Gasteiger partial charge in [0.2, 0.25) is 0 Å². The van der Waals surface area contributed by atoms with E-state index >= 15 is 0 Å². The summed E-state index contributed by atoms with van der Waals surface area (Å²) < 4.78 is 54.7. The summed E-state index contributed by atoms with van der Waals surface area (Å²) in [6.45, 7) is 3.38. The third kappa shape index (κ3) is 6.28. The molecule has 0 radical (unpaired) electrons. The van der Waals surface area contributed by atoms with Gasteiger partial charge < -0.3 is 18.9 Å². The van der Waals surface area contributed by atoms with Gasteiger partial charge in [-0.3, -0.25) is 4.18 Å². The number of rotatable bonds is 8. The Morgan fingerprint density at radius 2 is 1.24 bits per heavy atom. The maximum absolute atomic E-state index is 13.2. The summed E-state index contributed by atoms with van der Waals surface area (Å²) in [7, 11) is -2.99. The molecule has 1 saturated heterocycles. The first kappa shape index (κ1) is 27.5. The summed E-state index contributed by atoms with van der Waals surface area (Å²) in [6.07, 6.45) is -6.22. The van der Waals surface area contributed by atoms with Crippen molar-refractivity contribution >= 4 is 22.1 Å². The minimum atomic E-state index is -4.32. The Morgan fingerprint density at radius 1 is 0.737 bits per heavy atom. The van der Waals surface area contributed by atoms with Crippen LogP contribution in [0.2, 0.25) is 0 Å². The first-order chi connectivity index (χ1) is 18.2. The molecule has 1 aliphatic heterocycles. The van der Waals surface area contributed by atoms with E-state index in [1.165, 1.54) is 19.2 Å². The zero-order valence-corrected chi connectivity index (χ0v) is 21.9. The van der Waals surface area contributed by atoms with Gasteiger partial charge in [-0.15, -0.1) is 0 Å². The first-order valence-corrected chi connectivity index (χ1v) is 13.3. The summed E-state index contributed by atoms with van der Waals surface area (Å²) in [5.74, 6) is -1.50. The molecule has 0 bridgehead atoms. The van der Waals surface area contributed by atoms with Crippen LogP contribution in [0.15, 0.2) is 89.8 Å². The zero-order valence-electron chi connectivity index (χ0n) is 21.1. The van der Waals surface area contributed by atoms with E-state index in [-0.39, 0.29) is 16.0 Å². The Hall–Kier alpha value is -3.57. The van der Waals surface area contributed by atoms with Gasteiger partial charge >= 0.3 is 11.9 Å². The van der Waals surface area contributed by atoms with Crippen molar-refractivity contribution < 1.29 is 41.1 Å². The second-order valence-electron chi connectivity index (χ2n) is 8.75. The fraction of sp³-hybridized carbons (Fsp3) is 0.286. The van der Waals surface area contributed by atoms with Crippen molar-refractivity contribution in [3.05, 3.63) is 102 Å². The maximum Gasteiger partial charge on any atom is 0.338 e. The molecule has 1 heterocycles. The zero-order chi connectivity index (χ0) is 27.3. The molecule has 5 atom stereocenters. The van der Waals surface area contributed by atoms with E-state index in [0.29, 0.717) is 0 Å². The Morgan fingerprint density at radius 3 is 1.74 bits per heavy atom. The second kappa shape index (κ2) is 11.9. The van der Waals surface area contributed by atoms with Crippen LogP contribution in [0, 0.1) is 6.92 Å². The topological polar surface area (TPSA) is 114 Å². The Balaban J connectivity index is 1.70. The van der Waals surface area contributed by atoms with Gasteiger partial charge in [0, 0.05) is 7.11 Å². The number of ether oxygens (including phenoxy) is 4. The summed E-state index contributed by atoms with van der Waals surface area (Å²) in [4.78, 5) is 26.0. The number of hydrogen-bond donors (Lipinski definition) is 0. The minimum Gasteiger partial charge on any atom is -0.452 e. The van der Waals surface area contributed by atoms with Gasteiger partial charge in [-0.05, 0) is 50.2 Å². The highest BCUT2D eigenvalue weighted by atomic mass is 32.2. The highest BCUT2D eigenvalue weighted by Gasteiger charge is 2.52. The van der Waals surface area contributed by atoms with E-state index in [1.807, 2.05) is 6.92 Å². The van der Waals surface area contributed by atoms with Crippen molar-refractivity contribution in [3.63, 3.8) is 0 Å². The van der Waals surface area contributed by atoms with E-state index in [4.69, 9.17) is 23.1 Å². The molecule has 0 spiro atoms. The van der Waals surface area contributed by atoms with Crippen LogP contribution in [-0.4, -0.2) is 58.2 Å². The SMILES string of the molecule is CO[C@@H]1O[C@H](C)[C@@H](OS(=O)(=O)c2ccc(C)cc2)[C@H](OC(=O)c2ccccc2)[C@H]1OC(=O)c1ccccc1. The van der Waals surface area contributed by atoms with E-state index < -0.39 is 52.8 Å². The predicted molar refractivity (Wildman–Crippen MR) is 136 cm³/mol. The smallest absolute Gasteiger partial charge is 0.338 e. The molecule has 0 unspecified atom stereocenters. The molecule has 0 aliphatic carbocycles. The van der Waals surface area contributed by atoms with Crippen molar-refractivity contribution in [2.24, 2.45) is 0 Å². The number of aryl methyl sites for hydroxylation is 1. The molecular formula is C28H28O9S. The van der Waals surface area contributed by atoms with E-state index in [0.717, 1.165) is 5.56 Å². The minimum absolute atomic E-state index is 0.0878. The average molecular weight is 541 g/mol. The Labute approximate surface area is 221 Å². The number of hydrogen-bond acceptors (Lipinski definition) is 9. The van der Waals surface area contributed by atoms with Crippen LogP contribution in [0.4, 0.5) is 0 Å². The van der Waals surface area contributed by atoms with Crippen LogP contribution in [0.5, 0.6) is 0 Å². The quantitative estimate of drug-likeness (QED) is 0.310. The van der Waals surface area contributed by atoms with Crippen LogP contribution >= 0.6 is 0 Å². The van der Waals surface area contributed by atoms with E-state index in [2.05, 4.69) is 0 Å². The van der Waals surface area contributed by atoms with Gasteiger partial charge in [-0.1, -0.05) is 54.1 Å². The van der Waals surface area contributed by atoms with Crippen LogP contribution in [0.1, 0.15) is 33.2 Å². The molecule has 200 valence electrons. The number of carbonyl (C=O) groups excluding carboxylic acids is 2. The van der Waals surface area contributed by atoms with E-state index in [9.17, 15) is 18.0 Å². The summed E-state index contributed by atoms with van der Waals surface area (Å²) in [6, 6.07) is 22.4. The molecular weight excluding hydrogens is 512 g/mol. The van der Waals surface area contributed by atoms with Crippen LogP contribution < -0.4 is 0 Å². The summed E-state index contributed by atoms with van der Waals surface area (Å²) in [5, 5.41) is 0. The largest absolute Gasteiger partial charge is 0.452 e. The molecule has 0 N–H and O–H groups in total. The van der Waals surface area contributed by atoms with Crippen LogP contribution in [-0.2, 0) is 33.2 Å². The lowest BCUT2D eigenvalue weighted by molar-refractivity contribution is -0.279. The molecule has 1 aliphatic rings. The van der Waals surface area contributed by atoms with Gasteiger partial charge in [0.05, 0.1) is 22.1 Å². The number of benzene rings is 3. The molecule has 38 heavy (non-hydrogen) atoms. The average Bonchev–Trinajstić information content (AvgIpc) is 2.93. The fourth-order valence-corrected chi connectivity index (χ4v) is 5.13. The van der Waals surface area contributed by atoms with Crippen molar-refractivity contribution in [1.29, 1.82) is 0 Å². The van der Waals surface area contributed by atoms with Gasteiger partial charge in [-0.25, -0.2) is 9.59 Å². The first-order valence-electron chi connectivity index (χ1n) is 11.9. The fourth-order valence-electron chi connectivity index (χ4n) is 3.99. The molecule has 3 aromatic rings. The second-order valence-corrected chi connectivity index (χ2v) is 10.3. The van der Waals surface area contributed by atoms with Crippen molar-refractivity contribution in [2.45, 2.75) is 49.4 Å². The molecule has 1 fully saturated rings. The third-order valence-electron chi connectivity index (χ3n) is 6.01.